The van der Waals surface area contributed by atoms with Crippen LogP contribution in [-0.2, 0) is 19.3 Å². The molecule has 100 valence electrons. The number of nitrogens with one attached hydrogen (secondary N) is 1. The first-order chi connectivity index (χ1) is 8.48. The van der Waals surface area contributed by atoms with Gasteiger partial charge in [0.15, 0.2) is 0 Å². The second kappa shape index (κ2) is 5.44. The molecule has 1 unspecified atom stereocenters. The van der Waals surface area contributed by atoms with Gasteiger partial charge >= 0.3 is 0 Å². The molecule has 18 heavy (non-hydrogen) atoms. The van der Waals surface area contributed by atoms with Crippen molar-refractivity contribution >= 4 is 0 Å². The topological polar surface area (TPSA) is 12.0 Å². The summed E-state index contributed by atoms with van der Waals surface area (Å²) in [6.07, 6.45) is 6.29. The molecule has 1 N–H and O–H groups in total. The van der Waals surface area contributed by atoms with Crippen LogP contribution in [0.25, 0.3) is 0 Å². The largest absolute Gasteiger partial charge is 0.317 e. The van der Waals surface area contributed by atoms with Crippen LogP contribution in [0.3, 0.4) is 0 Å². The van der Waals surface area contributed by atoms with Gasteiger partial charge < -0.3 is 5.32 Å². The average Bonchev–Trinajstić information content (AvgIpc) is 2.73. The van der Waals surface area contributed by atoms with E-state index in [2.05, 4.69) is 51.3 Å². The van der Waals surface area contributed by atoms with Crippen molar-refractivity contribution in [3.8, 4) is 0 Å². The van der Waals surface area contributed by atoms with E-state index in [9.17, 15) is 0 Å². The Balaban J connectivity index is 2.03. The second-order valence-electron chi connectivity index (χ2n) is 6.91. The lowest BCUT2D eigenvalue weighted by molar-refractivity contribution is 0.316. The maximum absolute atomic E-state index is 3.47. The second-order valence-corrected chi connectivity index (χ2v) is 6.91. The number of hydrogen-bond donors (Lipinski definition) is 1. The first-order valence-corrected chi connectivity index (χ1v) is 7.26. The normalized spacial score (nSPS) is 16.7. The maximum atomic E-state index is 3.47. The van der Waals surface area contributed by atoms with Crippen LogP contribution in [0.5, 0.6) is 0 Å². The molecule has 0 aliphatic heterocycles. The summed E-state index contributed by atoms with van der Waals surface area (Å²) in [4.78, 5) is 0. The van der Waals surface area contributed by atoms with Crippen molar-refractivity contribution in [2.75, 3.05) is 7.05 Å². The third kappa shape index (κ3) is 3.58. The molecule has 0 heterocycles. The summed E-state index contributed by atoms with van der Waals surface area (Å²) in [6, 6.07) is 7.71. The molecule has 1 atom stereocenters. The Bertz CT molecular complexity index is 401. The number of fused-ring (bicyclic) bond motifs is 1. The molecule has 0 amide bonds. The Morgan fingerprint density at radius 2 is 1.89 bits per heavy atom. The summed E-state index contributed by atoms with van der Waals surface area (Å²) in [5.41, 5.74) is 5.07. The fourth-order valence-electron chi connectivity index (χ4n) is 3.05. The molecule has 0 spiro atoms. The highest BCUT2D eigenvalue weighted by molar-refractivity contribution is 5.35. The molecule has 1 nitrogen and oxygen atoms in total. The third-order valence-corrected chi connectivity index (χ3v) is 3.91. The van der Waals surface area contributed by atoms with E-state index >= 15 is 0 Å². The van der Waals surface area contributed by atoms with Crippen LogP contribution in [0.1, 0.15) is 50.3 Å². The van der Waals surface area contributed by atoms with Crippen molar-refractivity contribution in [2.45, 2.75) is 58.9 Å². The van der Waals surface area contributed by atoms with Crippen LogP contribution in [0.2, 0.25) is 0 Å². The molecule has 0 fully saturated rings. The minimum atomic E-state index is 0.393. The highest BCUT2D eigenvalue weighted by Crippen LogP contribution is 2.26. The van der Waals surface area contributed by atoms with Crippen molar-refractivity contribution in [1.82, 2.24) is 5.32 Å². The van der Waals surface area contributed by atoms with Crippen LogP contribution in [0.4, 0.5) is 0 Å². The van der Waals surface area contributed by atoms with Crippen LogP contribution in [0.15, 0.2) is 18.2 Å². The van der Waals surface area contributed by atoms with Crippen molar-refractivity contribution in [3.05, 3.63) is 34.9 Å². The number of rotatable bonds is 4. The van der Waals surface area contributed by atoms with E-state index in [1.807, 2.05) is 0 Å². The molecule has 0 saturated carbocycles. The van der Waals surface area contributed by atoms with E-state index < -0.39 is 0 Å². The molecule has 1 aromatic rings. The zero-order valence-corrected chi connectivity index (χ0v) is 12.3. The first kappa shape index (κ1) is 13.6. The molecule has 1 heteroatoms. The molecule has 1 aliphatic rings. The van der Waals surface area contributed by atoms with Gasteiger partial charge in [-0.2, -0.15) is 0 Å². The Kier molecular flexibility index (Phi) is 4.11. The Morgan fingerprint density at radius 1 is 1.17 bits per heavy atom. The summed E-state index contributed by atoms with van der Waals surface area (Å²) in [7, 11) is 2.09. The van der Waals surface area contributed by atoms with E-state index in [1.54, 1.807) is 11.1 Å². The highest BCUT2D eigenvalue weighted by Gasteiger charge is 2.18. The molecular formula is C17H27N. The lowest BCUT2D eigenvalue weighted by atomic mass is 9.85. The minimum Gasteiger partial charge on any atom is -0.317 e. The molecule has 1 aliphatic carbocycles. The summed E-state index contributed by atoms with van der Waals surface area (Å²) < 4.78 is 0. The number of benzene rings is 1. The summed E-state index contributed by atoms with van der Waals surface area (Å²) in [5, 5.41) is 3.47. The first-order valence-electron chi connectivity index (χ1n) is 7.26. The van der Waals surface area contributed by atoms with Crippen molar-refractivity contribution in [1.29, 1.82) is 0 Å². The molecule has 0 bridgehead atoms. The van der Waals surface area contributed by atoms with E-state index in [1.165, 1.54) is 31.2 Å². The molecule has 0 aromatic heterocycles. The lowest BCUT2D eigenvalue weighted by Crippen LogP contribution is -2.32. The molecule has 2 rings (SSSR count). The van der Waals surface area contributed by atoms with Crippen LogP contribution < -0.4 is 5.32 Å². The smallest absolute Gasteiger partial charge is 0.0109 e. The van der Waals surface area contributed by atoms with Crippen molar-refractivity contribution < 1.29 is 0 Å². The zero-order valence-electron chi connectivity index (χ0n) is 12.3. The van der Waals surface area contributed by atoms with Gasteiger partial charge in [-0.3, -0.25) is 0 Å². The zero-order chi connectivity index (χ0) is 13.2. The van der Waals surface area contributed by atoms with Crippen LogP contribution in [-0.4, -0.2) is 13.1 Å². The van der Waals surface area contributed by atoms with Gasteiger partial charge in [0, 0.05) is 6.04 Å². The fourth-order valence-corrected chi connectivity index (χ4v) is 3.05. The van der Waals surface area contributed by atoms with Crippen LogP contribution in [0, 0.1) is 5.41 Å². The molecule has 0 saturated heterocycles. The molecule has 0 radical (unpaired) electrons. The van der Waals surface area contributed by atoms with Gasteiger partial charge in [0.2, 0.25) is 0 Å². The van der Waals surface area contributed by atoms with Crippen molar-refractivity contribution in [3.63, 3.8) is 0 Å². The quantitative estimate of drug-likeness (QED) is 0.852. The number of aryl methyl sites for hydroxylation is 2. The van der Waals surface area contributed by atoms with Gasteiger partial charge in [-0.15, -0.1) is 0 Å². The van der Waals surface area contributed by atoms with E-state index in [0.717, 1.165) is 6.42 Å². The number of likely N-dealkylation sites (N-methyl/N-ethyl adjacent to an activating group) is 1. The molecular weight excluding hydrogens is 218 g/mol. The van der Waals surface area contributed by atoms with Gasteiger partial charge in [0.1, 0.15) is 0 Å². The van der Waals surface area contributed by atoms with Gasteiger partial charge in [-0.25, -0.2) is 0 Å². The van der Waals surface area contributed by atoms with Gasteiger partial charge in [0.05, 0.1) is 0 Å². The van der Waals surface area contributed by atoms with E-state index in [4.69, 9.17) is 0 Å². The SMILES string of the molecule is CNC(Cc1ccc2c(c1)CCC2)CC(C)(C)C. The standard InChI is InChI=1S/C17H27N/c1-17(2,3)12-16(18-4)11-13-8-9-14-6-5-7-15(14)10-13/h8-10,16,18H,5-7,11-12H2,1-4H3. The van der Waals surface area contributed by atoms with Crippen LogP contribution >= 0.6 is 0 Å². The van der Waals surface area contributed by atoms with Gasteiger partial charge in [-0.1, -0.05) is 39.0 Å². The highest BCUT2D eigenvalue weighted by atomic mass is 14.9. The minimum absolute atomic E-state index is 0.393. The van der Waals surface area contributed by atoms with Crippen molar-refractivity contribution in [2.24, 2.45) is 5.41 Å². The lowest BCUT2D eigenvalue weighted by Gasteiger charge is -2.26. The van der Waals surface area contributed by atoms with E-state index in [0.29, 0.717) is 11.5 Å². The maximum Gasteiger partial charge on any atom is 0.0109 e. The predicted molar refractivity (Wildman–Crippen MR) is 79.1 cm³/mol. The predicted octanol–water partition coefficient (Wildman–Crippen LogP) is 3.74. The van der Waals surface area contributed by atoms with Gasteiger partial charge in [-0.05, 0) is 61.3 Å². The molecule has 1 aromatic carbocycles. The third-order valence-electron chi connectivity index (χ3n) is 3.91. The summed E-state index contributed by atoms with van der Waals surface area (Å²) in [5.74, 6) is 0. The fraction of sp³-hybridized carbons (Fsp3) is 0.647. The Hall–Kier alpha value is -0.820. The van der Waals surface area contributed by atoms with Gasteiger partial charge in [0.25, 0.3) is 0 Å². The summed E-state index contributed by atoms with van der Waals surface area (Å²) in [6.45, 7) is 6.96. The number of hydrogen-bond acceptors (Lipinski definition) is 1. The monoisotopic (exact) mass is 245 g/mol. The Morgan fingerprint density at radius 3 is 2.56 bits per heavy atom. The Labute approximate surface area is 112 Å². The average molecular weight is 245 g/mol. The van der Waals surface area contributed by atoms with E-state index in [-0.39, 0.29) is 0 Å². The summed E-state index contributed by atoms with van der Waals surface area (Å²) >= 11 is 0.